The number of nitrogens with one attached hydrogen (secondary N) is 1. The second kappa shape index (κ2) is 7.39. The van der Waals surface area contributed by atoms with Crippen molar-refractivity contribution in [1.82, 2.24) is 15.2 Å². The summed E-state index contributed by atoms with van der Waals surface area (Å²) >= 11 is 0. The van der Waals surface area contributed by atoms with Gasteiger partial charge in [-0.3, -0.25) is 0 Å². The number of rotatable bonds is 4. The Kier molecular flexibility index (Phi) is 4.64. The van der Waals surface area contributed by atoms with Crippen LogP contribution in [0.15, 0.2) is 60.8 Å². The average Bonchev–Trinajstić information content (AvgIpc) is 2.69. The Morgan fingerprint density at radius 2 is 1.65 bits per heavy atom. The van der Waals surface area contributed by atoms with Gasteiger partial charge in [0.25, 0.3) is 0 Å². The van der Waals surface area contributed by atoms with Gasteiger partial charge in [-0.15, -0.1) is 5.10 Å². The van der Waals surface area contributed by atoms with Gasteiger partial charge in [0.2, 0.25) is 5.95 Å². The second-order valence-electron chi connectivity index (χ2n) is 6.44. The molecule has 6 heteroatoms. The van der Waals surface area contributed by atoms with Crippen LogP contribution in [0.3, 0.4) is 0 Å². The lowest BCUT2D eigenvalue weighted by molar-refractivity contribution is 0.645. The van der Waals surface area contributed by atoms with Gasteiger partial charge in [0.1, 0.15) is 0 Å². The Bertz CT molecular complexity index is 859. The summed E-state index contributed by atoms with van der Waals surface area (Å²) in [6.07, 6.45) is 1.74. The molecule has 0 unspecified atom stereocenters. The second-order valence-corrected chi connectivity index (χ2v) is 6.44. The summed E-state index contributed by atoms with van der Waals surface area (Å²) in [5.41, 5.74) is 3.43. The number of benzene rings is 2. The van der Waals surface area contributed by atoms with Crippen LogP contribution in [0.5, 0.6) is 0 Å². The van der Waals surface area contributed by atoms with Gasteiger partial charge in [-0.2, -0.15) is 10.1 Å². The van der Waals surface area contributed by atoms with E-state index >= 15 is 0 Å². The zero-order valence-corrected chi connectivity index (χ0v) is 14.8. The number of hydrogen-bond donors (Lipinski definition) is 1. The Labute approximate surface area is 153 Å². The van der Waals surface area contributed by atoms with Crippen LogP contribution in [0.1, 0.15) is 5.56 Å². The van der Waals surface area contributed by atoms with Gasteiger partial charge in [-0.25, -0.2) is 0 Å². The molecule has 1 aliphatic rings. The topological polar surface area (TPSA) is 57.2 Å². The fourth-order valence-electron chi connectivity index (χ4n) is 3.18. The van der Waals surface area contributed by atoms with E-state index < -0.39 is 0 Å². The molecule has 0 spiro atoms. The highest BCUT2D eigenvalue weighted by molar-refractivity contribution is 5.55. The molecular weight excluding hydrogens is 324 g/mol. The van der Waals surface area contributed by atoms with E-state index in [0.717, 1.165) is 37.7 Å². The molecule has 0 saturated carbocycles. The minimum Gasteiger partial charge on any atom is -0.368 e. The summed E-state index contributed by atoms with van der Waals surface area (Å²) in [4.78, 5) is 9.30. The van der Waals surface area contributed by atoms with Crippen molar-refractivity contribution in [3.63, 3.8) is 0 Å². The largest absolute Gasteiger partial charge is 0.368 e. The molecule has 132 valence electrons. The number of aryl methyl sites for hydroxylation is 1. The minimum absolute atomic E-state index is 0.526. The molecule has 0 radical (unpaired) electrons. The predicted octanol–water partition coefficient (Wildman–Crippen LogP) is 3.25. The van der Waals surface area contributed by atoms with Crippen LogP contribution in [0.25, 0.3) is 0 Å². The predicted molar refractivity (Wildman–Crippen MR) is 105 cm³/mol. The first-order valence-corrected chi connectivity index (χ1v) is 8.86. The summed E-state index contributed by atoms with van der Waals surface area (Å²) in [7, 11) is 0. The number of anilines is 4. The molecule has 0 atom stereocenters. The van der Waals surface area contributed by atoms with E-state index in [1.807, 2.05) is 12.1 Å². The summed E-state index contributed by atoms with van der Waals surface area (Å²) in [6, 6.07) is 18.7. The normalized spacial score (nSPS) is 14.3. The molecule has 1 N–H and O–H groups in total. The van der Waals surface area contributed by atoms with Gasteiger partial charge in [0.15, 0.2) is 5.82 Å². The molecule has 6 nitrogen and oxygen atoms in total. The molecule has 0 amide bonds. The first-order chi connectivity index (χ1) is 12.8. The highest BCUT2D eigenvalue weighted by atomic mass is 15.3. The summed E-state index contributed by atoms with van der Waals surface area (Å²) in [6.45, 7) is 5.82. The quantitative estimate of drug-likeness (QED) is 0.783. The smallest absolute Gasteiger partial charge is 0.249 e. The van der Waals surface area contributed by atoms with E-state index in [-0.39, 0.29) is 0 Å². The number of piperazine rings is 1. The van der Waals surface area contributed by atoms with Gasteiger partial charge in [-0.05, 0) is 36.8 Å². The minimum atomic E-state index is 0.526. The number of nitrogens with zero attached hydrogens (tertiary/aromatic N) is 5. The van der Waals surface area contributed by atoms with E-state index in [0.29, 0.717) is 5.95 Å². The van der Waals surface area contributed by atoms with Crippen LogP contribution in [-0.4, -0.2) is 41.4 Å². The van der Waals surface area contributed by atoms with Crippen LogP contribution in [-0.2, 0) is 0 Å². The Balaban J connectivity index is 1.43. The monoisotopic (exact) mass is 346 g/mol. The van der Waals surface area contributed by atoms with E-state index in [9.17, 15) is 0 Å². The number of hydrogen-bond acceptors (Lipinski definition) is 6. The molecule has 1 aromatic heterocycles. The average molecular weight is 346 g/mol. The lowest BCUT2D eigenvalue weighted by Crippen LogP contribution is -2.46. The summed E-state index contributed by atoms with van der Waals surface area (Å²) in [5.74, 6) is 1.39. The molecule has 3 aromatic rings. The third-order valence-corrected chi connectivity index (χ3v) is 4.55. The van der Waals surface area contributed by atoms with Crippen molar-refractivity contribution in [1.29, 1.82) is 0 Å². The number of aromatic nitrogens is 3. The maximum atomic E-state index is 4.64. The summed E-state index contributed by atoms with van der Waals surface area (Å²) in [5, 5.41) is 11.5. The maximum Gasteiger partial charge on any atom is 0.249 e. The third-order valence-electron chi connectivity index (χ3n) is 4.55. The molecule has 2 heterocycles. The van der Waals surface area contributed by atoms with Gasteiger partial charge < -0.3 is 15.1 Å². The Hall–Kier alpha value is -3.15. The van der Waals surface area contributed by atoms with Gasteiger partial charge in [-0.1, -0.05) is 30.3 Å². The third kappa shape index (κ3) is 3.74. The van der Waals surface area contributed by atoms with Crippen molar-refractivity contribution in [3.05, 3.63) is 66.4 Å². The maximum absolute atomic E-state index is 4.64. The Morgan fingerprint density at radius 1 is 0.885 bits per heavy atom. The van der Waals surface area contributed by atoms with E-state index in [4.69, 9.17) is 0 Å². The van der Waals surface area contributed by atoms with Gasteiger partial charge in [0.05, 0.1) is 6.20 Å². The zero-order valence-electron chi connectivity index (χ0n) is 14.8. The van der Waals surface area contributed by atoms with Crippen molar-refractivity contribution in [2.45, 2.75) is 6.92 Å². The summed E-state index contributed by atoms with van der Waals surface area (Å²) < 4.78 is 0. The van der Waals surface area contributed by atoms with Crippen LogP contribution in [0.4, 0.5) is 23.1 Å². The molecule has 1 saturated heterocycles. The molecule has 0 bridgehead atoms. The first-order valence-electron chi connectivity index (χ1n) is 8.86. The molecule has 2 aromatic carbocycles. The Morgan fingerprint density at radius 3 is 2.42 bits per heavy atom. The fourth-order valence-corrected chi connectivity index (χ4v) is 3.18. The molecular formula is C20H22N6. The van der Waals surface area contributed by atoms with Crippen molar-refractivity contribution < 1.29 is 0 Å². The van der Waals surface area contributed by atoms with Crippen LogP contribution in [0.2, 0.25) is 0 Å². The number of para-hydroxylation sites is 1. The molecule has 26 heavy (non-hydrogen) atoms. The standard InChI is InChI=1S/C20H22N6/c1-16-6-5-7-17(14-16)22-20-23-19(15-21-24-20)26-12-10-25(11-13-26)18-8-3-2-4-9-18/h2-9,14-15H,10-13H2,1H3,(H,22,23,24). The highest BCUT2D eigenvalue weighted by Crippen LogP contribution is 2.20. The fraction of sp³-hybridized carbons (Fsp3) is 0.250. The van der Waals surface area contributed by atoms with Crippen molar-refractivity contribution in [2.75, 3.05) is 41.3 Å². The van der Waals surface area contributed by atoms with E-state index in [1.54, 1.807) is 6.20 Å². The lowest BCUT2D eigenvalue weighted by Gasteiger charge is -2.36. The van der Waals surface area contributed by atoms with E-state index in [1.165, 1.54) is 11.3 Å². The molecule has 0 aliphatic carbocycles. The van der Waals surface area contributed by atoms with Crippen molar-refractivity contribution >= 4 is 23.1 Å². The van der Waals surface area contributed by atoms with Gasteiger partial charge >= 0.3 is 0 Å². The van der Waals surface area contributed by atoms with Crippen molar-refractivity contribution in [3.8, 4) is 0 Å². The van der Waals surface area contributed by atoms with E-state index in [2.05, 4.69) is 79.7 Å². The molecule has 4 rings (SSSR count). The van der Waals surface area contributed by atoms with Crippen molar-refractivity contribution in [2.24, 2.45) is 0 Å². The highest BCUT2D eigenvalue weighted by Gasteiger charge is 2.19. The zero-order chi connectivity index (χ0) is 17.8. The van der Waals surface area contributed by atoms with Crippen LogP contribution < -0.4 is 15.1 Å². The van der Waals surface area contributed by atoms with Crippen LogP contribution >= 0.6 is 0 Å². The lowest BCUT2D eigenvalue weighted by atomic mass is 10.2. The SMILES string of the molecule is Cc1cccc(Nc2nncc(N3CCN(c4ccccc4)CC3)n2)c1. The molecule has 1 fully saturated rings. The first kappa shape index (κ1) is 16.3. The molecule has 1 aliphatic heterocycles. The van der Waals surface area contributed by atoms with Gasteiger partial charge in [0, 0.05) is 37.6 Å². The van der Waals surface area contributed by atoms with Crippen LogP contribution in [0, 0.1) is 6.92 Å².